The summed E-state index contributed by atoms with van der Waals surface area (Å²) >= 11 is 0. The Morgan fingerprint density at radius 3 is 1.42 bits per heavy atom. The van der Waals surface area contributed by atoms with Crippen molar-refractivity contribution >= 4 is 10.1 Å². The zero-order valence-corrected chi connectivity index (χ0v) is 17.4. The van der Waals surface area contributed by atoms with E-state index in [1.54, 1.807) is 12.1 Å². The molecule has 0 radical (unpaired) electrons. The van der Waals surface area contributed by atoms with E-state index in [1.165, 1.54) is 95.6 Å². The standard InChI is InChI=1S/C22H38O3S/c1-2-3-4-5-6-7-8-9-10-11-12-13-14-15-16-21-17-19-22(20-18-21)26(23,24)25/h17-20H,2-16H2,1H3,(H,23,24,25)/p-1. The molecule has 0 atom stereocenters. The molecule has 0 heterocycles. The van der Waals surface area contributed by atoms with Crippen molar-refractivity contribution < 1.29 is 13.0 Å². The second-order valence-electron chi connectivity index (χ2n) is 7.44. The van der Waals surface area contributed by atoms with Gasteiger partial charge in [-0.1, -0.05) is 103 Å². The second-order valence-corrected chi connectivity index (χ2v) is 8.82. The van der Waals surface area contributed by atoms with Crippen molar-refractivity contribution in [3.63, 3.8) is 0 Å². The molecule has 150 valence electrons. The number of hydrogen-bond donors (Lipinski definition) is 0. The van der Waals surface area contributed by atoms with Crippen molar-refractivity contribution in [2.75, 3.05) is 0 Å². The van der Waals surface area contributed by atoms with Crippen LogP contribution in [-0.2, 0) is 16.5 Å². The van der Waals surface area contributed by atoms with E-state index in [2.05, 4.69) is 6.92 Å². The van der Waals surface area contributed by atoms with Crippen LogP contribution in [0.25, 0.3) is 0 Å². The van der Waals surface area contributed by atoms with Gasteiger partial charge >= 0.3 is 0 Å². The third kappa shape index (κ3) is 11.7. The maximum absolute atomic E-state index is 10.9. The zero-order chi connectivity index (χ0) is 19.1. The molecule has 0 aliphatic heterocycles. The summed E-state index contributed by atoms with van der Waals surface area (Å²) in [5, 5.41) is 0. The molecule has 0 N–H and O–H groups in total. The van der Waals surface area contributed by atoms with Crippen molar-refractivity contribution in [1.29, 1.82) is 0 Å². The maximum Gasteiger partial charge on any atom is 0.124 e. The predicted octanol–water partition coefficient (Wildman–Crippen LogP) is 6.61. The second kappa shape index (κ2) is 14.2. The fourth-order valence-electron chi connectivity index (χ4n) is 3.35. The highest BCUT2D eigenvalue weighted by Gasteiger charge is 2.01. The minimum atomic E-state index is -4.32. The summed E-state index contributed by atoms with van der Waals surface area (Å²) in [7, 11) is -4.32. The Morgan fingerprint density at radius 1 is 0.654 bits per heavy atom. The van der Waals surface area contributed by atoms with Gasteiger partial charge in [0.2, 0.25) is 0 Å². The summed E-state index contributed by atoms with van der Waals surface area (Å²) in [6.07, 6.45) is 19.8. The summed E-state index contributed by atoms with van der Waals surface area (Å²) in [5.41, 5.74) is 1.11. The van der Waals surface area contributed by atoms with Gasteiger partial charge in [-0.25, -0.2) is 8.42 Å². The number of aryl methyl sites for hydroxylation is 1. The van der Waals surface area contributed by atoms with Gasteiger partial charge in [-0.3, -0.25) is 0 Å². The summed E-state index contributed by atoms with van der Waals surface area (Å²) in [4.78, 5) is -0.137. The van der Waals surface area contributed by atoms with Crippen molar-refractivity contribution in [1.82, 2.24) is 0 Å². The summed E-state index contributed by atoms with van der Waals surface area (Å²) in [5.74, 6) is 0. The van der Waals surface area contributed by atoms with E-state index in [4.69, 9.17) is 0 Å². The molecular formula is C22H37O3S-. The lowest BCUT2D eigenvalue weighted by atomic mass is 10.0. The van der Waals surface area contributed by atoms with Crippen molar-refractivity contribution in [3.8, 4) is 0 Å². The molecule has 26 heavy (non-hydrogen) atoms. The molecule has 1 aromatic rings. The SMILES string of the molecule is CCCCCCCCCCCCCCCCc1ccc(S(=O)(=O)[O-])cc1. The van der Waals surface area contributed by atoms with Gasteiger partial charge in [0.1, 0.15) is 10.1 Å². The largest absolute Gasteiger partial charge is 0.744 e. The quantitative estimate of drug-likeness (QED) is 0.239. The molecule has 0 bridgehead atoms. The third-order valence-electron chi connectivity index (χ3n) is 5.03. The Hall–Kier alpha value is -0.870. The van der Waals surface area contributed by atoms with Crippen molar-refractivity contribution in [2.24, 2.45) is 0 Å². The minimum Gasteiger partial charge on any atom is -0.744 e. The van der Waals surface area contributed by atoms with Crippen LogP contribution >= 0.6 is 0 Å². The average molecular weight is 382 g/mol. The normalized spacial score (nSPS) is 11.8. The van der Waals surface area contributed by atoms with E-state index in [-0.39, 0.29) is 4.90 Å². The van der Waals surface area contributed by atoms with Crippen LogP contribution in [0.5, 0.6) is 0 Å². The first-order chi connectivity index (χ1) is 12.5. The maximum atomic E-state index is 10.9. The molecule has 0 aromatic heterocycles. The molecule has 0 saturated heterocycles. The van der Waals surface area contributed by atoms with Gasteiger partial charge in [-0.2, -0.15) is 0 Å². The molecular weight excluding hydrogens is 344 g/mol. The Kier molecular flexibility index (Phi) is 12.7. The lowest BCUT2D eigenvalue weighted by molar-refractivity contribution is 0.463. The number of rotatable bonds is 16. The fourth-order valence-corrected chi connectivity index (χ4v) is 3.82. The number of hydrogen-bond acceptors (Lipinski definition) is 3. The van der Waals surface area contributed by atoms with E-state index in [0.717, 1.165) is 18.4 Å². The van der Waals surface area contributed by atoms with E-state index in [9.17, 15) is 13.0 Å². The van der Waals surface area contributed by atoms with E-state index >= 15 is 0 Å². The van der Waals surface area contributed by atoms with Crippen LogP contribution in [0.15, 0.2) is 29.2 Å². The Bertz CT molecular complexity index is 549. The molecule has 0 spiro atoms. The third-order valence-corrected chi connectivity index (χ3v) is 5.88. The molecule has 0 amide bonds. The smallest absolute Gasteiger partial charge is 0.124 e. The van der Waals surface area contributed by atoms with Crippen LogP contribution in [0.1, 0.15) is 102 Å². The van der Waals surface area contributed by atoms with Gasteiger partial charge in [0, 0.05) is 0 Å². The first kappa shape index (κ1) is 23.2. The van der Waals surface area contributed by atoms with Gasteiger partial charge in [0.25, 0.3) is 0 Å². The summed E-state index contributed by atoms with van der Waals surface area (Å²) in [6, 6.07) is 6.35. The van der Waals surface area contributed by atoms with Crippen LogP contribution in [0.2, 0.25) is 0 Å². The zero-order valence-electron chi connectivity index (χ0n) is 16.5. The van der Waals surface area contributed by atoms with Crippen molar-refractivity contribution in [2.45, 2.75) is 108 Å². The number of unbranched alkanes of at least 4 members (excludes halogenated alkanes) is 13. The van der Waals surface area contributed by atoms with Gasteiger partial charge in [-0.15, -0.1) is 0 Å². The van der Waals surface area contributed by atoms with Crippen LogP contribution in [-0.4, -0.2) is 13.0 Å². The highest BCUT2D eigenvalue weighted by molar-refractivity contribution is 7.85. The molecule has 0 unspecified atom stereocenters. The van der Waals surface area contributed by atoms with Crippen LogP contribution in [0.4, 0.5) is 0 Å². The first-order valence-electron chi connectivity index (χ1n) is 10.6. The topological polar surface area (TPSA) is 57.2 Å². The lowest BCUT2D eigenvalue weighted by Crippen LogP contribution is -1.98. The molecule has 3 nitrogen and oxygen atoms in total. The van der Waals surface area contributed by atoms with E-state index < -0.39 is 10.1 Å². The highest BCUT2D eigenvalue weighted by Crippen LogP contribution is 2.15. The summed E-state index contributed by atoms with van der Waals surface area (Å²) in [6.45, 7) is 2.27. The predicted molar refractivity (Wildman–Crippen MR) is 108 cm³/mol. The molecule has 0 saturated carbocycles. The summed E-state index contributed by atoms with van der Waals surface area (Å²) < 4.78 is 32.7. The molecule has 4 heteroatoms. The molecule has 0 aliphatic carbocycles. The van der Waals surface area contributed by atoms with Crippen LogP contribution in [0, 0.1) is 0 Å². The minimum absolute atomic E-state index is 0.137. The van der Waals surface area contributed by atoms with Crippen LogP contribution < -0.4 is 0 Å². The van der Waals surface area contributed by atoms with Crippen molar-refractivity contribution in [3.05, 3.63) is 29.8 Å². The van der Waals surface area contributed by atoms with Gasteiger partial charge in [0.05, 0.1) is 4.90 Å². The Morgan fingerprint density at radius 2 is 1.04 bits per heavy atom. The van der Waals surface area contributed by atoms with Gasteiger partial charge in [0.15, 0.2) is 0 Å². The monoisotopic (exact) mass is 381 g/mol. The van der Waals surface area contributed by atoms with E-state index in [1.807, 2.05) is 0 Å². The highest BCUT2D eigenvalue weighted by atomic mass is 32.2. The van der Waals surface area contributed by atoms with Crippen LogP contribution in [0.3, 0.4) is 0 Å². The molecule has 0 fully saturated rings. The molecule has 0 aliphatic rings. The van der Waals surface area contributed by atoms with E-state index in [0.29, 0.717) is 0 Å². The average Bonchev–Trinajstić information content (AvgIpc) is 2.61. The first-order valence-corrected chi connectivity index (χ1v) is 12.0. The van der Waals surface area contributed by atoms with Gasteiger partial charge < -0.3 is 4.55 Å². The number of benzene rings is 1. The lowest BCUT2D eigenvalue weighted by Gasteiger charge is -2.08. The Labute approximate surface area is 161 Å². The van der Waals surface area contributed by atoms with Gasteiger partial charge in [-0.05, 0) is 30.5 Å². The Balaban J connectivity index is 1.90. The molecule has 1 rings (SSSR count). The molecule has 1 aromatic carbocycles. The fraction of sp³-hybridized carbons (Fsp3) is 0.727.